The zero-order valence-corrected chi connectivity index (χ0v) is 27.2. The number of aromatic nitrogens is 4. The highest BCUT2D eigenvalue weighted by molar-refractivity contribution is 5.91. The molecule has 0 spiro atoms. The van der Waals surface area contributed by atoms with Gasteiger partial charge in [-0.05, 0) is 66.6 Å². The van der Waals surface area contributed by atoms with Crippen LogP contribution in [0.3, 0.4) is 0 Å². The van der Waals surface area contributed by atoms with Gasteiger partial charge in [0.2, 0.25) is 0 Å². The first-order chi connectivity index (χ1) is 22.2. The van der Waals surface area contributed by atoms with Gasteiger partial charge < -0.3 is 24.8 Å². The molecule has 3 N–H and O–H groups in total. The van der Waals surface area contributed by atoms with Gasteiger partial charge >= 0.3 is 11.1 Å². The second-order valence-electron chi connectivity index (χ2n) is 14.0. The molecule has 7 rings (SSSR count). The van der Waals surface area contributed by atoms with Gasteiger partial charge in [-0.1, -0.05) is 63.6 Å². The van der Waals surface area contributed by atoms with Gasteiger partial charge in [-0.3, -0.25) is 14.5 Å². The summed E-state index contributed by atoms with van der Waals surface area (Å²) in [7, 11) is 0. The number of nitrogens with zero attached hydrogens (tertiary/aromatic N) is 4. The van der Waals surface area contributed by atoms with E-state index in [2.05, 4.69) is 100 Å². The Hall–Kier alpha value is -4.21. The largest absolute Gasteiger partial charge is 0.367 e. The molecule has 2 aliphatic rings. The molecule has 1 unspecified atom stereocenters. The molecule has 0 bridgehead atoms. The van der Waals surface area contributed by atoms with Crippen LogP contribution in [0.4, 0.5) is 5.69 Å². The minimum Gasteiger partial charge on any atom is -0.367 e. The Morgan fingerprint density at radius 2 is 1.70 bits per heavy atom. The van der Waals surface area contributed by atoms with Crippen LogP contribution in [0.25, 0.3) is 33.5 Å². The molecule has 9 heteroatoms. The molecule has 2 saturated heterocycles. The molecule has 2 fully saturated rings. The second-order valence-corrected chi connectivity index (χ2v) is 14.0. The molecule has 0 saturated carbocycles. The molecule has 4 heterocycles. The van der Waals surface area contributed by atoms with E-state index in [9.17, 15) is 9.59 Å². The number of imidazole rings is 1. The summed E-state index contributed by atoms with van der Waals surface area (Å²) in [6.07, 6.45) is 4.38. The number of hydrogen-bond donors (Lipinski definition) is 3. The van der Waals surface area contributed by atoms with Gasteiger partial charge in [-0.25, -0.2) is 4.98 Å². The van der Waals surface area contributed by atoms with E-state index in [4.69, 9.17) is 4.98 Å². The third-order valence-corrected chi connectivity index (χ3v) is 9.79. The van der Waals surface area contributed by atoms with Crippen LogP contribution in [0, 0.1) is 0 Å². The Bertz CT molecular complexity index is 1950. The van der Waals surface area contributed by atoms with Crippen molar-refractivity contribution in [3.05, 3.63) is 92.5 Å². The quantitative estimate of drug-likeness (QED) is 0.211. The number of piperazine rings is 1. The van der Waals surface area contributed by atoms with Crippen molar-refractivity contribution in [2.45, 2.75) is 71.0 Å². The number of para-hydroxylation sites is 1. The van der Waals surface area contributed by atoms with Crippen LogP contribution < -0.4 is 21.3 Å². The van der Waals surface area contributed by atoms with Crippen LogP contribution in [0.5, 0.6) is 0 Å². The van der Waals surface area contributed by atoms with Crippen molar-refractivity contribution in [1.29, 1.82) is 0 Å². The van der Waals surface area contributed by atoms with E-state index in [1.54, 1.807) is 4.57 Å². The number of aryl methyl sites for hydroxylation is 1. The molecule has 2 aromatic heterocycles. The highest BCUT2D eigenvalue weighted by Crippen LogP contribution is 2.31. The summed E-state index contributed by atoms with van der Waals surface area (Å²) in [5.41, 5.74) is 7.40. The van der Waals surface area contributed by atoms with Crippen LogP contribution in [-0.2, 0) is 18.5 Å². The molecule has 9 nitrogen and oxygen atoms in total. The van der Waals surface area contributed by atoms with Gasteiger partial charge in [0.1, 0.15) is 11.3 Å². The number of nitrogens with one attached hydrogen (secondary N) is 3. The van der Waals surface area contributed by atoms with Crippen molar-refractivity contribution >= 4 is 27.8 Å². The van der Waals surface area contributed by atoms with Gasteiger partial charge in [0.25, 0.3) is 0 Å². The fourth-order valence-electron chi connectivity index (χ4n) is 7.03. The predicted octanol–water partition coefficient (Wildman–Crippen LogP) is 5.39. The maximum Gasteiger partial charge on any atom is 0.316 e. The monoisotopic (exact) mass is 619 g/mol. The number of aromatic amines is 2. The maximum atomic E-state index is 12.9. The van der Waals surface area contributed by atoms with Crippen molar-refractivity contribution in [2.75, 3.05) is 37.6 Å². The van der Waals surface area contributed by atoms with Crippen LogP contribution in [0.1, 0.15) is 57.6 Å². The Morgan fingerprint density at radius 1 is 0.891 bits per heavy atom. The minimum absolute atomic E-state index is 0.116. The normalized spacial score (nSPS) is 18.1. The van der Waals surface area contributed by atoms with Gasteiger partial charge in [-0.2, -0.15) is 0 Å². The van der Waals surface area contributed by atoms with E-state index < -0.39 is 11.1 Å². The first kappa shape index (κ1) is 30.4. The lowest BCUT2D eigenvalue weighted by Crippen LogP contribution is -2.46. The summed E-state index contributed by atoms with van der Waals surface area (Å²) >= 11 is 0. The second kappa shape index (κ2) is 12.5. The van der Waals surface area contributed by atoms with Crippen molar-refractivity contribution in [3.8, 4) is 11.4 Å². The molecule has 5 aromatic rings. The lowest BCUT2D eigenvalue weighted by Gasteiger charge is -2.36. The van der Waals surface area contributed by atoms with Gasteiger partial charge in [0.05, 0.1) is 22.2 Å². The lowest BCUT2D eigenvalue weighted by molar-refractivity contribution is 0.250. The Morgan fingerprint density at radius 3 is 2.43 bits per heavy atom. The first-order valence-electron chi connectivity index (χ1n) is 16.8. The summed E-state index contributed by atoms with van der Waals surface area (Å²) < 4.78 is 1.68. The number of fused-ring (bicyclic) bond motifs is 2. The van der Waals surface area contributed by atoms with E-state index in [-0.39, 0.29) is 5.41 Å². The SMILES string of the molecule is CC(C)(C)c1ccc(-c2nc3c(N4CCN(Cc5ccc6[nH]c(=O)c(=O)n(CCC7CCCCN7)c6c5)CC4)cccc3[nH]2)cc1. The third kappa shape index (κ3) is 6.26. The molecular weight excluding hydrogens is 574 g/mol. The third-order valence-electron chi connectivity index (χ3n) is 9.79. The summed E-state index contributed by atoms with van der Waals surface area (Å²) in [6.45, 7) is 12.7. The predicted molar refractivity (Wildman–Crippen MR) is 187 cm³/mol. The number of rotatable bonds is 7. The van der Waals surface area contributed by atoms with Gasteiger partial charge in [0.15, 0.2) is 0 Å². The zero-order valence-electron chi connectivity index (χ0n) is 27.2. The van der Waals surface area contributed by atoms with E-state index in [1.807, 2.05) is 6.07 Å². The summed E-state index contributed by atoms with van der Waals surface area (Å²) in [6, 6.07) is 21.6. The van der Waals surface area contributed by atoms with Crippen LogP contribution >= 0.6 is 0 Å². The van der Waals surface area contributed by atoms with Crippen molar-refractivity contribution < 1.29 is 0 Å². The van der Waals surface area contributed by atoms with Crippen molar-refractivity contribution in [2.24, 2.45) is 0 Å². The number of H-pyrrole nitrogens is 2. The number of anilines is 1. The van der Waals surface area contributed by atoms with E-state index in [0.29, 0.717) is 18.1 Å². The maximum absolute atomic E-state index is 12.9. The smallest absolute Gasteiger partial charge is 0.316 e. The summed E-state index contributed by atoms with van der Waals surface area (Å²) in [5, 5.41) is 3.56. The standard InChI is InChI=1S/C37H45N7O2/c1-37(2,3)27-13-11-26(12-14-27)34-39-30-8-6-9-31(33(30)41-34)43-21-19-42(20-22-43)24-25-10-15-29-32(23-25)44(36(46)35(45)40-29)18-16-28-7-4-5-17-38-28/h6,8-15,23,28,38H,4-5,7,16-22,24H2,1-3H3,(H,39,41)(H,40,45). The average Bonchev–Trinajstić information content (AvgIpc) is 3.51. The molecule has 46 heavy (non-hydrogen) atoms. The fourth-order valence-corrected chi connectivity index (χ4v) is 7.03. The lowest BCUT2D eigenvalue weighted by atomic mass is 9.87. The molecule has 240 valence electrons. The molecule has 1 atom stereocenters. The van der Waals surface area contributed by atoms with Crippen LogP contribution in [0.2, 0.25) is 0 Å². The molecule has 0 aliphatic carbocycles. The van der Waals surface area contributed by atoms with Crippen molar-refractivity contribution in [3.63, 3.8) is 0 Å². The van der Waals surface area contributed by atoms with Crippen molar-refractivity contribution in [1.82, 2.24) is 29.7 Å². The molecular formula is C37H45N7O2. The summed E-state index contributed by atoms with van der Waals surface area (Å²) in [4.78, 5) is 41.7. The van der Waals surface area contributed by atoms with E-state index in [0.717, 1.165) is 91.3 Å². The molecule has 3 aromatic carbocycles. The first-order valence-corrected chi connectivity index (χ1v) is 16.8. The number of benzene rings is 3. The van der Waals surface area contributed by atoms with Gasteiger partial charge in [0, 0.05) is 50.9 Å². The fraction of sp³-hybridized carbons (Fsp3) is 0.432. The Labute approximate surface area is 269 Å². The van der Waals surface area contributed by atoms with Crippen LogP contribution in [-0.4, -0.2) is 63.2 Å². The minimum atomic E-state index is -0.550. The highest BCUT2D eigenvalue weighted by atomic mass is 16.2. The van der Waals surface area contributed by atoms with E-state index in [1.165, 1.54) is 18.4 Å². The highest BCUT2D eigenvalue weighted by Gasteiger charge is 2.22. The van der Waals surface area contributed by atoms with E-state index >= 15 is 0 Å². The Balaban J connectivity index is 1.05. The molecule has 0 amide bonds. The Kier molecular flexibility index (Phi) is 8.29. The zero-order chi connectivity index (χ0) is 31.8. The van der Waals surface area contributed by atoms with Gasteiger partial charge in [-0.15, -0.1) is 0 Å². The van der Waals surface area contributed by atoms with Crippen LogP contribution in [0.15, 0.2) is 70.3 Å². The number of piperidine rings is 1. The summed E-state index contributed by atoms with van der Waals surface area (Å²) in [5.74, 6) is 0.896. The average molecular weight is 620 g/mol. The molecule has 2 aliphatic heterocycles. The topological polar surface area (TPSA) is 102 Å². The molecule has 0 radical (unpaired) electrons. The number of hydrogen-bond acceptors (Lipinski definition) is 6.